The van der Waals surface area contributed by atoms with Gasteiger partial charge in [-0.15, -0.1) is 0 Å². The van der Waals surface area contributed by atoms with Gasteiger partial charge in [0.25, 0.3) is 0 Å². The molecule has 0 aromatic carbocycles. The number of nitrogens with one attached hydrogen (secondary N) is 2. The molecule has 0 aliphatic carbocycles. The van der Waals surface area contributed by atoms with Crippen molar-refractivity contribution in [3.63, 3.8) is 0 Å². The lowest BCUT2D eigenvalue weighted by Gasteiger charge is -2.23. The Bertz CT molecular complexity index is 232. The van der Waals surface area contributed by atoms with Gasteiger partial charge in [-0.25, -0.2) is 4.79 Å². The van der Waals surface area contributed by atoms with Crippen molar-refractivity contribution in [2.45, 2.75) is 45.8 Å². The summed E-state index contributed by atoms with van der Waals surface area (Å²) >= 11 is 0. The van der Waals surface area contributed by atoms with E-state index in [9.17, 15) is 9.90 Å². The number of aliphatic hydroxyl groups is 1. The number of carbonyl (C=O) groups is 1. The summed E-state index contributed by atoms with van der Waals surface area (Å²) in [6, 6.07) is -0.280. The number of hydrogen-bond acceptors (Lipinski definition) is 3. The fourth-order valence-electron chi connectivity index (χ4n) is 1.10. The first-order valence-corrected chi connectivity index (χ1v) is 6.07. The Kier molecular flexibility index (Phi) is 7.15. The van der Waals surface area contributed by atoms with E-state index in [0.717, 1.165) is 6.42 Å². The summed E-state index contributed by atoms with van der Waals surface area (Å²) in [7, 11) is 1.60. The first-order chi connectivity index (χ1) is 7.82. The smallest absolute Gasteiger partial charge is 0.314 e. The van der Waals surface area contributed by atoms with Crippen LogP contribution in [0.5, 0.6) is 0 Å². The molecule has 0 saturated heterocycles. The normalized spacial score (nSPS) is 15.2. The van der Waals surface area contributed by atoms with E-state index in [2.05, 4.69) is 10.6 Å². The minimum Gasteiger partial charge on any atom is -0.391 e. The Morgan fingerprint density at radius 3 is 2.47 bits per heavy atom. The van der Waals surface area contributed by atoms with Crippen molar-refractivity contribution in [1.82, 2.24) is 10.6 Å². The largest absolute Gasteiger partial charge is 0.391 e. The molecule has 0 aliphatic rings. The van der Waals surface area contributed by atoms with Gasteiger partial charge in [0.05, 0.1) is 11.7 Å². The molecule has 0 bridgehead atoms. The van der Waals surface area contributed by atoms with Crippen LogP contribution < -0.4 is 10.6 Å². The molecule has 2 unspecified atom stereocenters. The average molecular weight is 246 g/mol. The highest BCUT2D eigenvalue weighted by Gasteiger charge is 2.18. The number of amides is 2. The summed E-state index contributed by atoms with van der Waals surface area (Å²) in [6.07, 6.45) is 0.391. The standard InChI is InChI=1S/C12H26N2O3/c1-6-9(2)10(15)7-13-11(16)14-8-12(3,4)17-5/h9-10,15H,6-8H2,1-5H3,(H2,13,14,16). The molecule has 0 rings (SSSR count). The van der Waals surface area contributed by atoms with Gasteiger partial charge in [0.2, 0.25) is 0 Å². The Balaban J connectivity index is 3.81. The van der Waals surface area contributed by atoms with Crippen molar-refractivity contribution in [1.29, 1.82) is 0 Å². The molecule has 0 aliphatic heterocycles. The first-order valence-electron chi connectivity index (χ1n) is 6.07. The molecule has 2 amide bonds. The zero-order chi connectivity index (χ0) is 13.5. The van der Waals surface area contributed by atoms with Crippen LogP contribution in [0.25, 0.3) is 0 Å². The van der Waals surface area contributed by atoms with Gasteiger partial charge in [0.15, 0.2) is 0 Å². The van der Waals surface area contributed by atoms with Crippen molar-refractivity contribution in [2.24, 2.45) is 5.92 Å². The van der Waals surface area contributed by atoms with Crippen LogP contribution >= 0.6 is 0 Å². The highest BCUT2D eigenvalue weighted by Crippen LogP contribution is 2.06. The molecule has 0 saturated carbocycles. The molecule has 5 nitrogen and oxygen atoms in total. The van der Waals surface area contributed by atoms with Gasteiger partial charge >= 0.3 is 6.03 Å². The average Bonchev–Trinajstić information content (AvgIpc) is 2.32. The van der Waals surface area contributed by atoms with Crippen molar-refractivity contribution >= 4 is 6.03 Å². The monoisotopic (exact) mass is 246 g/mol. The summed E-state index contributed by atoms with van der Waals surface area (Å²) in [6.45, 7) is 8.44. The van der Waals surface area contributed by atoms with E-state index in [4.69, 9.17) is 4.74 Å². The zero-order valence-electron chi connectivity index (χ0n) is 11.5. The maximum atomic E-state index is 11.4. The van der Waals surface area contributed by atoms with Crippen LogP contribution in [0.4, 0.5) is 4.79 Å². The van der Waals surface area contributed by atoms with E-state index >= 15 is 0 Å². The lowest BCUT2D eigenvalue weighted by molar-refractivity contribution is 0.0252. The molecule has 5 heteroatoms. The van der Waals surface area contributed by atoms with Gasteiger partial charge in [0, 0.05) is 20.2 Å². The van der Waals surface area contributed by atoms with Crippen molar-refractivity contribution in [3.05, 3.63) is 0 Å². The van der Waals surface area contributed by atoms with Gasteiger partial charge in [-0.3, -0.25) is 0 Å². The van der Waals surface area contributed by atoms with Crippen LogP contribution in [-0.2, 0) is 4.74 Å². The maximum absolute atomic E-state index is 11.4. The maximum Gasteiger partial charge on any atom is 0.314 e. The summed E-state index contributed by atoms with van der Waals surface area (Å²) in [5, 5.41) is 15.0. The summed E-state index contributed by atoms with van der Waals surface area (Å²) in [5.41, 5.74) is -0.382. The third kappa shape index (κ3) is 7.18. The Morgan fingerprint density at radius 2 is 2.00 bits per heavy atom. The number of ether oxygens (including phenoxy) is 1. The van der Waals surface area contributed by atoms with Crippen LogP contribution in [0.15, 0.2) is 0 Å². The fraction of sp³-hybridized carbons (Fsp3) is 0.917. The van der Waals surface area contributed by atoms with Crippen molar-refractivity contribution < 1.29 is 14.6 Å². The van der Waals surface area contributed by atoms with Crippen LogP contribution in [0, 0.1) is 5.92 Å². The van der Waals surface area contributed by atoms with E-state index in [0.29, 0.717) is 6.54 Å². The van der Waals surface area contributed by atoms with Crippen LogP contribution in [0.1, 0.15) is 34.1 Å². The van der Waals surface area contributed by atoms with Crippen molar-refractivity contribution in [3.8, 4) is 0 Å². The summed E-state index contributed by atoms with van der Waals surface area (Å²) in [4.78, 5) is 11.4. The topological polar surface area (TPSA) is 70.6 Å². The number of aliphatic hydroxyl groups excluding tert-OH is 1. The molecular formula is C12H26N2O3. The van der Waals surface area contributed by atoms with E-state index in [-0.39, 0.29) is 24.1 Å². The van der Waals surface area contributed by atoms with Gasteiger partial charge in [-0.05, 0) is 19.8 Å². The molecule has 0 fully saturated rings. The van der Waals surface area contributed by atoms with Gasteiger partial charge < -0.3 is 20.5 Å². The lowest BCUT2D eigenvalue weighted by Crippen LogP contribution is -2.46. The first kappa shape index (κ1) is 16.2. The Morgan fingerprint density at radius 1 is 1.41 bits per heavy atom. The van der Waals surface area contributed by atoms with Crippen LogP contribution in [0.2, 0.25) is 0 Å². The molecular weight excluding hydrogens is 220 g/mol. The quantitative estimate of drug-likeness (QED) is 0.630. The molecule has 102 valence electrons. The Hall–Kier alpha value is -0.810. The summed E-state index contributed by atoms with van der Waals surface area (Å²) < 4.78 is 5.18. The number of methoxy groups -OCH3 is 1. The molecule has 0 spiro atoms. The van der Waals surface area contributed by atoms with E-state index < -0.39 is 6.10 Å². The number of carbonyl (C=O) groups excluding carboxylic acids is 1. The second-order valence-corrected chi connectivity index (χ2v) is 4.98. The van der Waals surface area contributed by atoms with Crippen molar-refractivity contribution in [2.75, 3.05) is 20.2 Å². The minimum absolute atomic E-state index is 0.186. The fourth-order valence-corrected chi connectivity index (χ4v) is 1.10. The Labute approximate surface area is 104 Å². The van der Waals surface area contributed by atoms with Crippen LogP contribution in [0.3, 0.4) is 0 Å². The van der Waals surface area contributed by atoms with Gasteiger partial charge in [0.1, 0.15) is 0 Å². The number of urea groups is 1. The molecule has 3 N–H and O–H groups in total. The molecule has 2 atom stereocenters. The SMILES string of the molecule is CCC(C)C(O)CNC(=O)NCC(C)(C)OC. The third-order valence-corrected chi connectivity index (χ3v) is 3.00. The highest BCUT2D eigenvalue weighted by molar-refractivity contribution is 5.73. The van der Waals surface area contributed by atoms with E-state index in [1.165, 1.54) is 0 Å². The second-order valence-electron chi connectivity index (χ2n) is 4.98. The van der Waals surface area contributed by atoms with E-state index in [1.807, 2.05) is 27.7 Å². The molecule has 0 radical (unpaired) electrons. The third-order valence-electron chi connectivity index (χ3n) is 3.00. The minimum atomic E-state index is -0.499. The molecule has 0 aromatic heterocycles. The molecule has 17 heavy (non-hydrogen) atoms. The zero-order valence-corrected chi connectivity index (χ0v) is 11.5. The molecule has 0 aromatic rings. The number of rotatable bonds is 7. The van der Waals surface area contributed by atoms with Gasteiger partial charge in [-0.1, -0.05) is 20.3 Å². The lowest BCUT2D eigenvalue weighted by atomic mass is 10.0. The van der Waals surface area contributed by atoms with E-state index in [1.54, 1.807) is 7.11 Å². The van der Waals surface area contributed by atoms with Crippen LogP contribution in [-0.4, -0.2) is 43.0 Å². The highest BCUT2D eigenvalue weighted by atomic mass is 16.5. The predicted molar refractivity (Wildman–Crippen MR) is 68.0 cm³/mol. The number of hydrogen-bond donors (Lipinski definition) is 3. The molecule has 0 heterocycles. The predicted octanol–water partition coefficient (Wildman–Crippen LogP) is 1.12. The summed E-state index contributed by atoms with van der Waals surface area (Å²) in [5.74, 6) is 0.186. The second kappa shape index (κ2) is 7.50. The van der Waals surface area contributed by atoms with Gasteiger partial charge in [-0.2, -0.15) is 0 Å².